The Bertz CT molecular complexity index is 371. The van der Waals surface area contributed by atoms with Crippen molar-refractivity contribution in [1.29, 1.82) is 0 Å². The Morgan fingerprint density at radius 1 is 1.11 bits per heavy atom. The molecular weight excluding hydrogens is 220 g/mol. The average Bonchev–Trinajstić information content (AvgIpc) is 2.31. The molecule has 0 saturated carbocycles. The van der Waals surface area contributed by atoms with Crippen molar-refractivity contribution in [2.45, 2.75) is 40.7 Å². The van der Waals surface area contributed by atoms with Gasteiger partial charge in [0.1, 0.15) is 0 Å². The summed E-state index contributed by atoms with van der Waals surface area (Å²) in [6.07, 6.45) is 0. The quantitative estimate of drug-likeness (QED) is 0.837. The number of hydrogen-bond donors (Lipinski definition) is 1. The first kappa shape index (κ1) is 15.2. The van der Waals surface area contributed by atoms with Crippen molar-refractivity contribution in [1.82, 2.24) is 4.90 Å². The van der Waals surface area contributed by atoms with Gasteiger partial charge in [-0.05, 0) is 43.0 Å². The lowest BCUT2D eigenvalue weighted by Crippen LogP contribution is -2.34. The van der Waals surface area contributed by atoms with Crippen LogP contribution in [0, 0.1) is 19.8 Å². The minimum atomic E-state index is 0.114. The van der Waals surface area contributed by atoms with Crippen molar-refractivity contribution >= 4 is 0 Å². The Kier molecular flexibility index (Phi) is 5.83. The number of hydrogen-bond acceptors (Lipinski definition) is 2. The molecule has 0 aliphatic heterocycles. The fraction of sp³-hybridized carbons (Fsp3) is 0.625. The summed E-state index contributed by atoms with van der Waals surface area (Å²) in [6.45, 7) is 14.1. The van der Waals surface area contributed by atoms with Gasteiger partial charge in [-0.15, -0.1) is 0 Å². The van der Waals surface area contributed by atoms with Crippen molar-refractivity contribution in [3.63, 3.8) is 0 Å². The minimum Gasteiger partial charge on any atom is -0.323 e. The summed E-state index contributed by atoms with van der Waals surface area (Å²) < 4.78 is 0. The molecule has 0 radical (unpaired) electrons. The van der Waals surface area contributed by atoms with Gasteiger partial charge in [0.05, 0.1) is 0 Å². The van der Waals surface area contributed by atoms with Gasteiger partial charge in [0.2, 0.25) is 0 Å². The highest BCUT2D eigenvalue weighted by molar-refractivity contribution is 5.31. The molecule has 1 unspecified atom stereocenters. The molecule has 0 aliphatic rings. The van der Waals surface area contributed by atoms with Crippen LogP contribution in [0.3, 0.4) is 0 Å². The predicted octanol–water partition coefficient (Wildman–Crippen LogP) is 3.28. The first-order valence-corrected chi connectivity index (χ1v) is 6.99. The Balaban J connectivity index is 2.68. The maximum atomic E-state index is 6.32. The van der Waals surface area contributed by atoms with Crippen LogP contribution in [0.25, 0.3) is 0 Å². The Hall–Kier alpha value is -0.860. The van der Waals surface area contributed by atoms with E-state index in [1.54, 1.807) is 0 Å². The topological polar surface area (TPSA) is 29.3 Å². The molecule has 0 spiro atoms. The summed E-state index contributed by atoms with van der Waals surface area (Å²) in [6, 6.07) is 6.67. The molecule has 0 aromatic heterocycles. The lowest BCUT2D eigenvalue weighted by Gasteiger charge is -2.26. The number of nitrogens with zero attached hydrogens (tertiary/aromatic N) is 1. The van der Waals surface area contributed by atoms with Crippen LogP contribution in [0.5, 0.6) is 0 Å². The lowest BCUT2D eigenvalue weighted by molar-refractivity contribution is 0.242. The summed E-state index contributed by atoms with van der Waals surface area (Å²) in [4.78, 5) is 2.44. The van der Waals surface area contributed by atoms with Crippen LogP contribution in [0.4, 0.5) is 0 Å². The molecule has 1 aromatic rings. The van der Waals surface area contributed by atoms with Crippen LogP contribution >= 0.6 is 0 Å². The summed E-state index contributed by atoms with van der Waals surface area (Å²) in [5.41, 5.74) is 10.2. The summed E-state index contributed by atoms with van der Waals surface area (Å²) in [7, 11) is 0. The number of likely N-dealkylation sites (N-methyl/N-ethyl adjacent to an activating group) is 1. The van der Waals surface area contributed by atoms with Crippen LogP contribution in [-0.4, -0.2) is 24.5 Å². The molecule has 1 atom stereocenters. The number of benzene rings is 1. The van der Waals surface area contributed by atoms with Gasteiger partial charge in [-0.25, -0.2) is 0 Å². The van der Waals surface area contributed by atoms with Gasteiger partial charge in [-0.1, -0.05) is 39.0 Å². The normalized spacial score (nSPS) is 13.3. The Morgan fingerprint density at radius 2 is 1.78 bits per heavy atom. The standard InChI is InChI=1S/C16H28N2/c1-6-18(10-12(2)3)11-16(17)15-8-7-13(4)14(5)9-15/h7-9,12,16H,6,10-11,17H2,1-5H3. The second-order valence-corrected chi connectivity index (χ2v) is 5.70. The summed E-state index contributed by atoms with van der Waals surface area (Å²) in [5.74, 6) is 0.692. The largest absolute Gasteiger partial charge is 0.323 e. The van der Waals surface area contributed by atoms with Gasteiger partial charge in [0.15, 0.2) is 0 Å². The first-order chi connectivity index (χ1) is 8.43. The SMILES string of the molecule is CCN(CC(C)C)CC(N)c1ccc(C)c(C)c1. The smallest absolute Gasteiger partial charge is 0.0424 e. The maximum absolute atomic E-state index is 6.32. The Labute approximate surface area is 112 Å². The van der Waals surface area contributed by atoms with Gasteiger partial charge in [0.25, 0.3) is 0 Å². The van der Waals surface area contributed by atoms with E-state index in [4.69, 9.17) is 5.73 Å². The zero-order valence-electron chi connectivity index (χ0n) is 12.5. The maximum Gasteiger partial charge on any atom is 0.0424 e. The molecule has 1 aromatic carbocycles. The third-order valence-corrected chi connectivity index (χ3v) is 3.48. The second kappa shape index (κ2) is 6.91. The molecule has 2 N–H and O–H groups in total. The van der Waals surface area contributed by atoms with Crippen LogP contribution in [0.1, 0.15) is 43.5 Å². The molecule has 2 nitrogen and oxygen atoms in total. The van der Waals surface area contributed by atoms with E-state index in [0.717, 1.165) is 19.6 Å². The number of aryl methyl sites for hydroxylation is 2. The molecule has 0 heterocycles. The second-order valence-electron chi connectivity index (χ2n) is 5.70. The van der Waals surface area contributed by atoms with E-state index in [1.807, 2.05) is 0 Å². The van der Waals surface area contributed by atoms with E-state index in [2.05, 4.69) is 57.7 Å². The lowest BCUT2D eigenvalue weighted by atomic mass is 10.0. The van der Waals surface area contributed by atoms with Gasteiger partial charge >= 0.3 is 0 Å². The molecule has 102 valence electrons. The molecule has 0 saturated heterocycles. The molecule has 0 aliphatic carbocycles. The Morgan fingerprint density at radius 3 is 2.28 bits per heavy atom. The highest BCUT2D eigenvalue weighted by Crippen LogP contribution is 2.16. The van der Waals surface area contributed by atoms with Crippen LogP contribution in [0.2, 0.25) is 0 Å². The van der Waals surface area contributed by atoms with E-state index in [9.17, 15) is 0 Å². The van der Waals surface area contributed by atoms with E-state index in [0.29, 0.717) is 5.92 Å². The van der Waals surface area contributed by atoms with Gasteiger partial charge in [0, 0.05) is 19.1 Å². The number of rotatable bonds is 6. The van der Waals surface area contributed by atoms with Crippen molar-refractivity contribution in [2.75, 3.05) is 19.6 Å². The molecule has 2 heteroatoms. The molecule has 0 bridgehead atoms. The minimum absolute atomic E-state index is 0.114. The highest BCUT2D eigenvalue weighted by Gasteiger charge is 2.12. The van der Waals surface area contributed by atoms with Gasteiger partial charge < -0.3 is 10.6 Å². The molecule has 1 rings (SSSR count). The van der Waals surface area contributed by atoms with Gasteiger partial charge in [-0.2, -0.15) is 0 Å². The van der Waals surface area contributed by atoms with Crippen LogP contribution in [0.15, 0.2) is 18.2 Å². The van der Waals surface area contributed by atoms with Crippen molar-refractivity contribution in [3.8, 4) is 0 Å². The monoisotopic (exact) mass is 248 g/mol. The van der Waals surface area contributed by atoms with E-state index < -0.39 is 0 Å². The first-order valence-electron chi connectivity index (χ1n) is 6.99. The fourth-order valence-corrected chi connectivity index (χ4v) is 2.23. The summed E-state index contributed by atoms with van der Waals surface area (Å²) in [5, 5.41) is 0. The molecule has 0 fully saturated rings. The highest BCUT2D eigenvalue weighted by atomic mass is 15.1. The molecular formula is C16H28N2. The van der Waals surface area contributed by atoms with Crippen LogP contribution in [-0.2, 0) is 0 Å². The zero-order chi connectivity index (χ0) is 13.7. The summed E-state index contributed by atoms with van der Waals surface area (Å²) >= 11 is 0. The molecule has 0 amide bonds. The predicted molar refractivity (Wildman–Crippen MR) is 79.8 cm³/mol. The molecule has 18 heavy (non-hydrogen) atoms. The average molecular weight is 248 g/mol. The third-order valence-electron chi connectivity index (χ3n) is 3.48. The van der Waals surface area contributed by atoms with Gasteiger partial charge in [-0.3, -0.25) is 0 Å². The van der Waals surface area contributed by atoms with Crippen LogP contribution < -0.4 is 5.73 Å². The van der Waals surface area contributed by atoms with E-state index >= 15 is 0 Å². The van der Waals surface area contributed by atoms with Crippen molar-refractivity contribution in [3.05, 3.63) is 34.9 Å². The fourth-order valence-electron chi connectivity index (χ4n) is 2.23. The zero-order valence-corrected chi connectivity index (χ0v) is 12.5. The van der Waals surface area contributed by atoms with Crippen molar-refractivity contribution < 1.29 is 0 Å². The van der Waals surface area contributed by atoms with Crippen molar-refractivity contribution in [2.24, 2.45) is 11.7 Å². The number of nitrogens with two attached hydrogens (primary N) is 1. The third kappa shape index (κ3) is 4.43. The van der Waals surface area contributed by atoms with E-state index in [-0.39, 0.29) is 6.04 Å². The van der Waals surface area contributed by atoms with E-state index in [1.165, 1.54) is 16.7 Å².